The predicted octanol–water partition coefficient (Wildman–Crippen LogP) is 0.878. The van der Waals surface area contributed by atoms with Crippen molar-refractivity contribution in [1.82, 2.24) is 24.2 Å². The number of amides is 1. The van der Waals surface area contributed by atoms with Crippen molar-refractivity contribution in [2.45, 2.75) is 19.4 Å². The van der Waals surface area contributed by atoms with Gasteiger partial charge in [0.15, 0.2) is 5.65 Å². The Morgan fingerprint density at radius 2 is 1.96 bits per heavy atom. The van der Waals surface area contributed by atoms with Gasteiger partial charge in [-0.05, 0) is 30.7 Å². The second-order valence-corrected chi connectivity index (χ2v) is 6.97. The molecule has 0 aliphatic carbocycles. The summed E-state index contributed by atoms with van der Waals surface area (Å²) in [4.78, 5) is 31.6. The van der Waals surface area contributed by atoms with Gasteiger partial charge in [-0.3, -0.25) is 19.1 Å². The maximum absolute atomic E-state index is 12.8. The van der Waals surface area contributed by atoms with E-state index in [0.717, 1.165) is 38.4 Å². The molecule has 1 aliphatic rings. The second kappa shape index (κ2) is 8.53. The number of hydrogen-bond donors (Lipinski definition) is 1. The van der Waals surface area contributed by atoms with Gasteiger partial charge in [0, 0.05) is 51.5 Å². The van der Waals surface area contributed by atoms with E-state index in [4.69, 9.17) is 4.74 Å². The quantitative estimate of drug-likeness (QED) is 0.655. The summed E-state index contributed by atoms with van der Waals surface area (Å²) in [5.74, 6) is 0.0161. The Morgan fingerprint density at radius 1 is 1.14 bits per heavy atom. The number of carbonyl (C=O) groups excluding carboxylic acids is 1. The van der Waals surface area contributed by atoms with Gasteiger partial charge in [-0.2, -0.15) is 0 Å². The minimum atomic E-state index is -0.0797. The number of ether oxygens (including phenoxy) is 1. The van der Waals surface area contributed by atoms with Crippen molar-refractivity contribution in [3.8, 4) is 0 Å². The van der Waals surface area contributed by atoms with Gasteiger partial charge in [0.2, 0.25) is 5.91 Å². The molecule has 0 atom stereocenters. The Balaban J connectivity index is 1.35. The number of pyridine rings is 1. The lowest BCUT2D eigenvalue weighted by Gasteiger charge is -2.26. The highest BCUT2D eigenvalue weighted by molar-refractivity contribution is 5.76. The number of nitrogens with one attached hydrogen (secondary N) is 1. The first-order chi connectivity index (χ1) is 13.7. The molecule has 4 heterocycles. The number of hydrogen-bond acceptors (Lipinski definition) is 5. The Bertz CT molecular complexity index is 1020. The van der Waals surface area contributed by atoms with Crippen LogP contribution in [0.4, 0.5) is 0 Å². The zero-order chi connectivity index (χ0) is 19.3. The Morgan fingerprint density at radius 3 is 2.82 bits per heavy atom. The molecule has 0 aromatic carbocycles. The molecule has 3 aromatic rings. The van der Waals surface area contributed by atoms with Crippen molar-refractivity contribution in [3.63, 3.8) is 0 Å². The van der Waals surface area contributed by atoms with E-state index >= 15 is 0 Å². The number of fused-ring (bicyclic) bond motifs is 3. The van der Waals surface area contributed by atoms with Crippen LogP contribution in [0.1, 0.15) is 12.8 Å². The summed E-state index contributed by atoms with van der Waals surface area (Å²) >= 11 is 0. The van der Waals surface area contributed by atoms with E-state index < -0.39 is 0 Å². The SMILES string of the molecule is O=C(CCCn1c(=O)c2cccn2c2cccnc21)NCCN1CCOCC1. The number of carbonyl (C=O) groups is 1. The molecular weight excluding hydrogens is 358 g/mol. The van der Waals surface area contributed by atoms with E-state index in [0.29, 0.717) is 37.1 Å². The Kier molecular flexibility index (Phi) is 5.68. The molecule has 8 nitrogen and oxygen atoms in total. The van der Waals surface area contributed by atoms with Crippen LogP contribution in [0.2, 0.25) is 0 Å². The zero-order valence-electron chi connectivity index (χ0n) is 15.8. The Labute approximate surface area is 162 Å². The first kappa shape index (κ1) is 18.6. The monoisotopic (exact) mass is 383 g/mol. The van der Waals surface area contributed by atoms with Crippen molar-refractivity contribution in [2.24, 2.45) is 0 Å². The lowest BCUT2D eigenvalue weighted by atomic mass is 10.2. The van der Waals surface area contributed by atoms with Crippen molar-refractivity contribution in [1.29, 1.82) is 0 Å². The highest BCUT2D eigenvalue weighted by atomic mass is 16.5. The van der Waals surface area contributed by atoms with Crippen LogP contribution in [0.15, 0.2) is 41.5 Å². The molecule has 3 aromatic heterocycles. The first-order valence-electron chi connectivity index (χ1n) is 9.75. The van der Waals surface area contributed by atoms with Crippen LogP contribution in [0.25, 0.3) is 16.7 Å². The third kappa shape index (κ3) is 3.93. The van der Waals surface area contributed by atoms with Gasteiger partial charge in [0.25, 0.3) is 5.56 Å². The van der Waals surface area contributed by atoms with Gasteiger partial charge in [-0.25, -0.2) is 4.98 Å². The predicted molar refractivity (Wildman–Crippen MR) is 106 cm³/mol. The topological polar surface area (TPSA) is 80.9 Å². The van der Waals surface area contributed by atoms with Crippen LogP contribution in [-0.2, 0) is 16.1 Å². The van der Waals surface area contributed by atoms with Crippen molar-refractivity contribution in [3.05, 3.63) is 47.0 Å². The normalized spacial score (nSPS) is 15.3. The number of nitrogens with zero attached hydrogens (tertiary/aromatic N) is 4. The highest BCUT2D eigenvalue weighted by Gasteiger charge is 2.12. The van der Waals surface area contributed by atoms with Crippen LogP contribution in [0.5, 0.6) is 0 Å². The average Bonchev–Trinajstić information content (AvgIpc) is 3.22. The maximum Gasteiger partial charge on any atom is 0.276 e. The van der Waals surface area contributed by atoms with Gasteiger partial charge in [-0.15, -0.1) is 0 Å². The van der Waals surface area contributed by atoms with Crippen LogP contribution < -0.4 is 10.9 Å². The van der Waals surface area contributed by atoms with Gasteiger partial charge < -0.3 is 14.5 Å². The molecule has 1 fully saturated rings. The van der Waals surface area contributed by atoms with Crippen molar-refractivity contribution < 1.29 is 9.53 Å². The molecule has 8 heteroatoms. The zero-order valence-corrected chi connectivity index (χ0v) is 15.8. The van der Waals surface area contributed by atoms with Gasteiger partial charge >= 0.3 is 0 Å². The molecule has 0 bridgehead atoms. The fourth-order valence-electron chi connectivity index (χ4n) is 3.66. The molecule has 0 saturated carbocycles. The highest BCUT2D eigenvalue weighted by Crippen LogP contribution is 2.13. The van der Waals surface area contributed by atoms with E-state index in [-0.39, 0.29) is 11.5 Å². The molecule has 148 valence electrons. The lowest BCUT2D eigenvalue weighted by molar-refractivity contribution is -0.121. The summed E-state index contributed by atoms with van der Waals surface area (Å²) < 4.78 is 8.85. The third-order valence-electron chi connectivity index (χ3n) is 5.13. The summed E-state index contributed by atoms with van der Waals surface area (Å²) in [5, 5.41) is 2.96. The van der Waals surface area contributed by atoms with Gasteiger partial charge in [0.05, 0.1) is 18.7 Å². The molecule has 28 heavy (non-hydrogen) atoms. The smallest absolute Gasteiger partial charge is 0.276 e. The second-order valence-electron chi connectivity index (χ2n) is 6.97. The minimum Gasteiger partial charge on any atom is -0.379 e. The standard InChI is InChI=1S/C20H25N5O3/c26-18(21-8-11-23-12-14-28-15-13-23)6-3-10-25-19-16(4-1-7-22-19)24-9-2-5-17(24)20(25)27/h1-2,4-5,7,9H,3,6,8,10-15H2,(H,21,26). The van der Waals surface area contributed by atoms with E-state index in [1.165, 1.54) is 0 Å². The van der Waals surface area contributed by atoms with Crippen LogP contribution in [0.3, 0.4) is 0 Å². The molecular formula is C20H25N5O3. The fourth-order valence-corrected chi connectivity index (χ4v) is 3.66. The van der Waals surface area contributed by atoms with Crippen molar-refractivity contribution >= 4 is 22.6 Å². The summed E-state index contributed by atoms with van der Waals surface area (Å²) in [7, 11) is 0. The van der Waals surface area contributed by atoms with Gasteiger partial charge in [0.1, 0.15) is 5.52 Å². The molecule has 1 aliphatic heterocycles. The van der Waals surface area contributed by atoms with E-state index in [1.807, 2.05) is 34.9 Å². The first-order valence-corrected chi connectivity index (χ1v) is 9.75. The average molecular weight is 383 g/mol. The van der Waals surface area contributed by atoms with Crippen LogP contribution >= 0.6 is 0 Å². The number of rotatable bonds is 7. The molecule has 4 rings (SSSR count). The largest absolute Gasteiger partial charge is 0.379 e. The number of morpholine rings is 1. The van der Waals surface area contributed by atoms with E-state index in [9.17, 15) is 9.59 Å². The maximum atomic E-state index is 12.8. The Hall–Kier alpha value is -2.71. The van der Waals surface area contributed by atoms with Gasteiger partial charge in [-0.1, -0.05) is 0 Å². The van der Waals surface area contributed by atoms with E-state index in [2.05, 4.69) is 15.2 Å². The fraction of sp³-hybridized carbons (Fsp3) is 0.450. The lowest BCUT2D eigenvalue weighted by Crippen LogP contribution is -2.41. The molecule has 0 unspecified atom stereocenters. The summed E-state index contributed by atoms with van der Waals surface area (Å²) in [6.07, 6.45) is 4.53. The molecule has 1 amide bonds. The van der Waals surface area contributed by atoms with Crippen molar-refractivity contribution in [2.75, 3.05) is 39.4 Å². The molecule has 0 spiro atoms. The number of aryl methyl sites for hydroxylation is 1. The molecule has 1 N–H and O–H groups in total. The molecule has 0 radical (unpaired) electrons. The third-order valence-corrected chi connectivity index (χ3v) is 5.13. The number of aromatic nitrogens is 3. The minimum absolute atomic E-state index is 0.0161. The van der Waals surface area contributed by atoms with E-state index in [1.54, 1.807) is 10.8 Å². The van der Waals surface area contributed by atoms with Crippen LogP contribution in [-0.4, -0.2) is 64.2 Å². The summed E-state index contributed by atoms with van der Waals surface area (Å²) in [6, 6.07) is 7.47. The summed E-state index contributed by atoms with van der Waals surface area (Å²) in [6.45, 7) is 5.30. The van der Waals surface area contributed by atoms with Crippen LogP contribution in [0, 0.1) is 0 Å². The summed E-state index contributed by atoms with van der Waals surface area (Å²) in [5.41, 5.74) is 2.07. The molecule has 1 saturated heterocycles.